The summed E-state index contributed by atoms with van der Waals surface area (Å²) in [5.41, 5.74) is 2.97. The van der Waals surface area contributed by atoms with E-state index in [-0.39, 0.29) is 17.9 Å². The van der Waals surface area contributed by atoms with Crippen LogP contribution in [0.3, 0.4) is 0 Å². The van der Waals surface area contributed by atoms with E-state index in [1.165, 1.54) is 4.90 Å². The van der Waals surface area contributed by atoms with Crippen molar-refractivity contribution in [3.63, 3.8) is 0 Å². The predicted molar refractivity (Wildman–Crippen MR) is 92.9 cm³/mol. The second-order valence-corrected chi connectivity index (χ2v) is 6.47. The zero-order valence-corrected chi connectivity index (χ0v) is 13.0. The number of benzene rings is 3. The Kier molecular flexibility index (Phi) is 2.69. The van der Waals surface area contributed by atoms with Crippen LogP contribution in [-0.2, 0) is 0 Å². The van der Waals surface area contributed by atoms with E-state index in [9.17, 15) is 9.59 Å². The highest BCUT2D eigenvalue weighted by Crippen LogP contribution is 2.42. The lowest BCUT2D eigenvalue weighted by Crippen LogP contribution is -2.31. The molecule has 1 aliphatic heterocycles. The van der Waals surface area contributed by atoms with Crippen molar-refractivity contribution in [2.24, 2.45) is 0 Å². The SMILES string of the molecule is O=C1c2cc3ccccc3c(-c3ccccc3)c2C(=O)N1C1CC1. The van der Waals surface area contributed by atoms with Gasteiger partial charge in [-0.05, 0) is 35.2 Å². The fraction of sp³-hybridized carbons (Fsp3) is 0.143. The molecular formula is C21H15NO2. The molecule has 3 heteroatoms. The lowest BCUT2D eigenvalue weighted by molar-refractivity contribution is 0.0643. The van der Waals surface area contributed by atoms with Gasteiger partial charge in [-0.3, -0.25) is 14.5 Å². The molecule has 1 fully saturated rings. The third kappa shape index (κ3) is 1.78. The second-order valence-electron chi connectivity index (χ2n) is 6.47. The standard InChI is InChI=1S/C21H15NO2/c23-20-17-12-14-8-4-5-9-16(14)18(13-6-2-1-3-7-13)19(17)21(24)22(20)15-10-11-15/h1-9,12,15H,10-11H2. The van der Waals surface area contributed by atoms with E-state index >= 15 is 0 Å². The Balaban J connectivity index is 1.88. The maximum absolute atomic E-state index is 13.0. The molecule has 2 amide bonds. The summed E-state index contributed by atoms with van der Waals surface area (Å²) in [5.74, 6) is -0.275. The molecule has 0 spiro atoms. The maximum atomic E-state index is 13.0. The van der Waals surface area contributed by atoms with Crippen molar-refractivity contribution in [2.75, 3.05) is 0 Å². The molecule has 3 aromatic rings. The van der Waals surface area contributed by atoms with Crippen LogP contribution in [0.25, 0.3) is 21.9 Å². The summed E-state index contributed by atoms with van der Waals surface area (Å²) in [6.07, 6.45) is 1.84. The summed E-state index contributed by atoms with van der Waals surface area (Å²) in [6.45, 7) is 0. The van der Waals surface area contributed by atoms with Gasteiger partial charge in [0.2, 0.25) is 0 Å². The van der Waals surface area contributed by atoms with Gasteiger partial charge in [0.05, 0.1) is 11.1 Å². The molecule has 1 saturated carbocycles. The molecule has 1 heterocycles. The van der Waals surface area contributed by atoms with Crippen LogP contribution in [0.2, 0.25) is 0 Å². The molecule has 2 aliphatic rings. The molecule has 0 radical (unpaired) electrons. The fourth-order valence-electron chi connectivity index (χ4n) is 3.65. The van der Waals surface area contributed by atoms with Gasteiger partial charge < -0.3 is 0 Å². The molecule has 0 atom stereocenters. The van der Waals surface area contributed by atoms with Crippen LogP contribution in [0, 0.1) is 0 Å². The van der Waals surface area contributed by atoms with Crippen LogP contribution in [0.5, 0.6) is 0 Å². The zero-order chi connectivity index (χ0) is 16.3. The van der Waals surface area contributed by atoms with Gasteiger partial charge in [0.1, 0.15) is 0 Å². The van der Waals surface area contributed by atoms with E-state index in [4.69, 9.17) is 0 Å². The zero-order valence-electron chi connectivity index (χ0n) is 13.0. The van der Waals surface area contributed by atoms with Crippen molar-refractivity contribution in [2.45, 2.75) is 18.9 Å². The number of fused-ring (bicyclic) bond motifs is 2. The summed E-state index contributed by atoms with van der Waals surface area (Å²) >= 11 is 0. The van der Waals surface area contributed by atoms with Gasteiger partial charge in [-0.15, -0.1) is 0 Å². The Morgan fingerprint density at radius 2 is 1.50 bits per heavy atom. The van der Waals surface area contributed by atoms with Gasteiger partial charge in [0.15, 0.2) is 0 Å². The molecule has 5 rings (SSSR count). The smallest absolute Gasteiger partial charge is 0.262 e. The van der Waals surface area contributed by atoms with E-state index < -0.39 is 0 Å². The minimum absolute atomic E-state index is 0.0872. The molecule has 0 bridgehead atoms. The minimum atomic E-state index is -0.138. The summed E-state index contributed by atoms with van der Waals surface area (Å²) in [5, 5.41) is 2.01. The van der Waals surface area contributed by atoms with Crippen LogP contribution in [0.4, 0.5) is 0 Å². The Bertz CT molecular complexity index is 1000. The Morgan fingerprint density at radius 1 is 0.792 bits per heavy atom. The molecule has 0 N–H and O–H groups in total. The number of rotatable bonds is 2. The van der Waals surface area contributed by atoms with Crippen molar-refractivity contribution in [1.29, 1.82) is 0 Å². The van der Waals surface area contributed by atoms with Crippen molar-refractivity contribution >= 4 is 22.6 Å². The van der Waals surface area contributed by atoms with E-state index in [0.29, 0.717) is 11.1 Å². The monoisotopic (exact) mass is 313 g/mol. The molecule has 3 aromatic carbocycles. The van der Waals surface area contributed by atoms with E-state index in [1.807, 2.05) is 60.7 Å². The maximum Gasteiger partial charge on any atom is 0.262 e. The van der Waals surface area contributed by atoms with E-state index in [0.717, 1.165) is 34.7 Å². The number of carbonyl (C=O) groups is 2. The van der Waals surface area contributed by atoms with Gasteiger partial charge >= 0.3 is 0 Å². The van der Waals surface area contributed by atoms with Gasteiger partial charge in [-0.2, -0.15) is 0 Å². The largest absolute Gasteiger partial charge is 0.271 e. The molecule has 116 valence electrons. The second kappa shape index (κ2) is 4.78. The molecule has 24 heavy (non-hydrogen) atoms. The molecule has 3 nitrogen and oxygen atoms in total. The molecule has 0 saturated heterocycles. The Morgan fingerprint density at radius 3 is 2.25 bits per heavy atom. The summed E-state index contributed by atoms with van der Waals surface area (Å²) in [7, 11) is 0. The van der Waals surface area contributed by atoms with Crippen LogP contribution < -0.4 is 0 Å². The molecule has 0 unspecified atom stereocenters. The van der Waals surface area contributed by atoms with E-state index in [2.05, 4.69) is 0 Å². The van der Waals surface area contributed by atoms with Crippen molar-refractivity contribution in [1.82, 2.24) is 4.90 Å². The predicted octanol–water partition coefficient (Wildman–Crippen LogP) is 4.27. The topological polar surface area (TPSA) is 37.4 Å². The van der Waals surface area contributed by atoms with Gasteiger partial charge in [0.25, 0.3) is 11.8 Å². The minimum Gasteiger partial charge on any atom is -0.271 e. The van der Waals surface area contributed by atoms with Gasteiger partial charge in [-0.25, -0.2) is 0 Å². The summed E-state index contributed by atoms with van der Waals surface area (Å²) in [6, 6.07) is 19.8. The Labute approximate surface area is 139 Å². The number of hydrogen-bond donors (Lipinski definition) is 0. The molecule has 0 aromatic heterocycles. The highest BCUT2D eigenvalue weighted by molar-refractivity contribution is 6.27. The van der Waals surface area contributed by atoms with Crippen LogP contribution in [0.1, 0.15) is 33.6 Å². The van der Waals surface area contributed by atoms with Gasteiger partial charge in [0, 0.05) is 11.6 Å². The third-order valence-electron chi connectivity index (χ3n) is 4.91. The number of nitrogens with zero attached hydrogens (tertiary/aromatic N) is 1. The quantitative estimate of drug-likeness (QED) is 0.663. The lowest BCUT2D eigenvalue weighted by Gasteiger charge is -2.13. The van der Waals surface area contributed by atoms with E-state index in [1.54, 1.807) is 0 Å². The summed E-state index contributed by atoms with van der Waals surface area (Å²) in [4.78, 5) is 27.3. The molecule has 1 aliphatic carbocycles. The van der Waals surface area contributed by atoms with Gasteiger partial charge in [-0.1, -0.05) is 54.6 Å². The fourth-order valence-corrected chi connectivity index (χ4v) is 3.65. The van der Waals surface area contributed by atoms with Crippen molar-refractivity contribution in [3.8, 4) is 11.1 Å². The number of imide groups is 1. The average Bonchev–Trinajstić information content (AvgIpc) is 3.42. The first-order chi connectivity index (χ1) is 11.8. The van der Waals surface area contributed by atoms with Crippen LogP contribution in [-0.4, -0.2) is 22.8 Å². The first kappa shape index (κ1) is 13.5. The average molecular weight is 313 g/mol. The highest BCUT2D eigenvalue weighted by atomic mass is 16.2. The molecular weight excluding hydrogens is 298 g/mol. The summed E-state index contributed by atoms with van der Waals surface area (Å²) < 4.78 is 0. The van der Waals surface area contributed by atoms with Crippen LogP contribution >= 0.6 is 0 Å². The normalized spacial score (nSPS) is 16.8. The third-order valence-corrected chi connectivity index (χ3v) is 4.91. The van der Waals surface area contributed by atoms with Crippen LogP contribution in [0.15, 0.2) is 60.7 Å². The van der Waals surface area contributed by atoms with Crippen molar-refractivity contribution in [3.05, 3.63) is 71.8 Å². The number of carbonyl (C=O) groups excluding carboxylic acids is 2. The van der Waals surface area contributed by atoms with Crippen molar-refractivity contribution < 1.29 is 9.59 Å². The first-order valence-corrected chi connectivity index (χ1v) is 8.25. The first-order valence-electron chi connectivity index (χ1n) is 8.25. The number of amides is 2. The number of hydrogen-bond acceptors (Lipinski definition) is 2. The highest BCUT2D eigenvalue weighted by Gasteiger charge is 2.45. The Hall–Kier alpha value is -2.94. The lowest BCUT2D eigenvalue weighted by atomic mass is 9.90.